The second-order valence-electron chi connectivity index (χ2n) is 2.25. The Bertz CT molecular complexity index is 355. The summed E-state index contributed by atoms with van der Waals surface area (Å²) >= 11 is 4.62. The lowest BCUT2D eigenvalue weighted by Gasteiger charge is -2.12. The number of rotatable bonds is 1. The molecule has 3 nitrogen and oxygen atoms in total. The molecule has 0 atom stereocenters. The van der Waals surface area contributed by atoms with Gasteiger partial charge in [0.05, 0.1) is 5.69 Å². The molecule has 5 heteroatoms. The van der Waals surface area contributed by atoms with Crippen LogP contribution in [0, 0.1) is 17.3 Å². The lowest BCUT2D eigenvalue weighted by atomic mass is 10.3. The van der Waals surface area contributed by atoms with Crippen molar-refractivity contribution in [1.29, 1.82) is 5.26 Å². The van der Waals surface area contributed by atoms with Gasteiger partial charge in [0.2, 0.25) is 0 Å². The van der Waals surface area contributed by atoms with Gasteiger partial charge in [-0.1, -0.05) is 0 Å². The topological polar surface area (TPSA) is 53.0 Å². The number of nitrogens with two attached hydrogens (primary N) is 1. The molecule has 66 valence electrons. The molecule has 0 fully saturated rings. The van der Waals surface area contributed by atoms with Gasteiger partial charge in [0, 0.05) is 0 Å². The molecular formula is C8H6FN3S. The summed E-state index contributed by atoms with van der Waals surface area (Å²) in [7, 11) is 0. The summed E-state index contributed by atoms with van der Waals surface area (Å²) in [6.45, 7) is 0. The van der Waals surface area contributed by atoms with E-state index in [2.05, 4.69) is 12.2 Å². The van der Waals surface area contributed by atoms with Crippen molar-refractivity contribution in [1.82, 2.24) is 0 Å². The van der Waals surface area contributed by atoms with Gasteiger partial charge in [0.15, 0.2) is 11.3 Å². The molecule has 0 heterocycles. The van der Waals surface area contributed by atoms with E-state index >= 15 is 0 Å². The van der Waals surface area contributed by atoms with Crippen molar-refractivity contribution >= 4 is 23.0 Å². The number of nitrogens with zero attached hydrogens (tertiary/aromatic N) is 2. The fourth-order valence-electron chi connectivity index (χ4n) is 0.824. The van der Waals surface area contributed by atoms with Crippen LogP contribution in [0.2, 0.25) is 0 Å². The first-order chi connectivity index (χ1) is 6.15. The molecule has 0 saturated heterocycles. The van der Waals surface area contributed by atoms with Crippen LogP contribution in [0.5, 0.6) is 0 Å². The molecule has 13 heavy (non-hydrogen) atoms. The molecule has 1 aromatic rings. The summed E-state index contributed by atoms with van der Waals surface area (Å²) in [5.41, 5.74) is 5.71. The molecule has 0 aliphatic carbocycles. The Morgan fingerprint density at radius 1 is 1.46 bits per heavy atom. The second kappa shape index (κ2) is 3.83. The van der Waals surface area contributed by atoms with Gasteiger partial charge in [-0.05, 0) is 36.5 Å². The van der Waals surface area contributed by atoms with Crippen molar-refractivity contribution in [3.05, 3.63) is 30.1 Å². The molecule has 0 aliphatic rings. The number of halogens is 1. The molecule has 0 saturated carbocycles. The first-order valence-corrected chi connectivity index (χ1v) is 3.81. The number of hydrogen-bond acceptors (Lipinski definition) is 2. The first kappa shape index (κ1) is 9.42. The fraction of sp³-hybridized carbons (Fsp3) is 0. The minimum Gasteiger partial charge on any atom is -0.375 e. The average molecular weight is 195 g/mol. The Morgan fingerprint density at radius 2 is 2.00 bits per heavy atom. The molecular weight excluding hydrogens is 189 g/mol. The zero-order chi connectivity index (χ0) is 9.84. The largest absolute Gasteiger partial charge is 0.375 e. The van der Waals surface area contributed by atoms with Gasteiger partial charge >= 0.3 is 0 Å². The minimum absolute atomic E-state index is 0.0610. The fourth-order valence-corrected chi connectivity index (χ4v) is 0.971. The number of anilines is 1. The third-order valence-electron chi connectivity index (χ3n) is 1.41. The average Bonchev–Trinajstić information content (AvgIpc) is 2.09. The van der Waals surface area contributed by atoms with Crippen LogP contribution in [0.15, 0.2) is 24.3 Å². The maximum Gasteiger partial charge on any atom is 0.191 e. The lowest BCUT2D eigenvalue weighted by Crippen LogP contribution is -2.30. The minimum atomic E-state index is -0.371. The number of hydrogen-bond donors (Lipinski definition) is 1. The van der Waals surface area contributed by atoms with E-state index in [-0.39, 0.29) is 10.9 Å². The van der Waals surface area contributed by atoms with E-state index in [1.165, 1.54) is 24.3 Å². The van der Waals surface area contributed by atoms with E-state index in [9.17, 15) is 4.39 Å². The quantitative estimate of drug-likeness (QED) is 0.417. The van der Waals surface area contributed by atoms with E-state index in [4.69, 9.17) is 11.0 Å². The van der Waals surface area contributed by atoms with Crippen molar-refractivity contribution in [3.63, 3.8) is 0 Å². The molecule has 2 N–H and O–H groups in total. The molecule has 0 unspecified atom stereocenters. The SMILES string of the molecule is N#CN(C(N)=S)c1ccc(F)cc1. The van der Waals surface area contributed by atoms with Gasteiger partial charge in [-0.2, -0.15) is 5.26 Å². The summed E-state index contributed by atoms with van der Waals surface area (Å²) in [5.74, 6) is -0.371. The van der Waals surface area contributed by atoms with Crippen molar-refractivity contribution in [2.45, 2.75) is 0 Å². The van der Waals surface area contributed by atoms with Crippen LogP contribution in [-0.4, -0.2) is 5.11 Å². The summed E-state index contributed by atoms with van der Waals surface area (Å²) in [6, 6.07) is 5.32. The zero-order valence-corrected chi connectivity index (χ0v) is 7.38. The van der Waals surface area contributed by atoms with Gasteiger partial charge in [-0.25, -0.2) is 9.29 Å². The van der Waals surface area contributed by atoms with Crippen molar-refractivity contribution in [2.75, 3.05) is 4.90 Å². The van der Waals surface area contributed by atoms with Crippen molar-refractivity contribution < 1.29 is 4.39 Å². The third kappa shape index (κ3) is 2.13. The van der Waals surface area contributed by atoms with Gasteiger partial charge in [0.1, 0.15) is 5.82 Å². The van der Waals surface area contributed by atoms with Crippen LogP contribution in [0.3, 0.4) is 0 Å². The highest BCUT2D eigenvalue weighted by Gasteiger charge is 2.07. The Morgan fingerprint density at radius 3 is 2.38 bits per heavy atom. The molecule has 0 amide bonds. The summed E-state index contributed by atoms with van der Waals surface area (Å²) in [6.07, 6.45) is 1.78. The second-order valence-corrected chi connectivity index (χ2v) is 2.67. The highest BCUT2D eigenvalue weighted by molar-refractivity contribution is 7.80. The summed E-state index contributed by atoms with van der Waals surface area (Å²) in [5, 5.41) is 8.57. The number of benzene rings is 1. The zero-order valence-electron chi connectivity index (χ0n) is 6.57. The molecule has 0 aliphatic heterocycles. The highest BCUT2D eigenvalue weighted by Crippen LogP contribution is 2.13. The molecule has 0 spiro atoms. The Hall–Kier alpha value is -1.67. The summed E-state index contributed by atoms with van der Waals surface area (Å²) in [4.78, 5) is 1.04. The van der Waals surface area contributed by atoms with Crippen LogP contribution in [-0.2, 0) is 0 Å². The van der Waals surface area contributed by atoms with Crippen LogP contribution in [0.4, 0.5) is 10.1 Å². The molecule has 1 aromatic carbocycles. The lowest BCUT2D eigenvalue weighted by molar-refractivity contribution is 0.628. The Kier molecular flexibility index (Phi) is 2.77. The third-order valence-corrected chi connectivity index (χ3v) is 1.59. The molecule has 1 rings (SSSR count). The highest BCUT2D eigenvalue weighted by atomic mass is 32.1. The molecule has 0 radical (unpaired) electrons. The first-order valence-electron chi connectivity index (χ1n) is 3.40. The van der Waals surface area contributed by atoms with Crippen molar-refractivity contribution in [3.8, 4) is 6.19 Å². The standard InChI is InChI=1S/C8H6FN3S/c9-6-1-3-7(4-2-6)12(5-10)8(11)13/h1-4H,(H2,11,13). The predicted octanol–water partition coefficient (Wildman–Crippen LogP) is 1.36. The van der Waals surface area contributed by atoms with E-state index in [0.717, 1.165) is 4.90 Å². The molecule has 0 aromatic heterocycles. The maximum absolute atomic E-state index is 12.5. The Labute approximate surface area is 80.2 Å². The normalized spacial score (nSPS) is 8.92. The maximum atomic E-state index is 12.5. The van der Waals surface area contributed by atoms with Crippen LogP contribution in [0.25, 0.3) is 0 Å². The van der Waals surface area contributed by atoms with E-state index in [0.29, 0.717) is 5.69 Å². The summed E-state index contributed by atoms with van der Waals surface area (Å²) < 4.78 is 12.5. The van der Waals surface area contributed by atoms with Gasteiger partial charge in [0.25, 0.3) is 0 Å². The monoisotopic (exact) mass is 195 g/mol. The van der Waals surface area contributed by atoms with Crippen LogP contribution < -0.4 is 10.6 Å². The Balaban J connectivity index is 3.01. The van der Waals surface area contributed by atoms with Gasteiger partial charge in [-0.3, -0.25) is 0 Å². The van der Waals surface area contributed by atoms with Gasteiger partial charge < -0.3 is 5.73 Å². The smallest absolute Gasteiger partial charge is 0.191 e. The van der Waals surface area contributed by atoms with Gasteiger partial charge in [-0.15, -0.1) is 0 Å². The van der Waals surface area contributed by atoms with E-state index in [1.54, 1.807) is 6.19 Å². The number of nitriles is 1. The number of thiocarbonyl (C=S) groups is 1. The van der Waals surface area contributed by atoms with E-state index in [1.807, 2.05) is 0 Å². The van der Waals surface area contributed by atoms with Crippen LogP contribution in [0.1, 0.15) is 0 Å². The van der Waals surface area contributed by atoms with E-state index < -0.39 is 0 Å². The van der Waals surface area contributed by atoms with Crippen LogP contribution >= 0.6 is 12.2 Å². The van der Waals surface area contributed by atoms with Crippen molar-refractivity contribution in [2.24, 2.45) is 5.73 Å². The predicted molar refractivity (Wildman–Crippen MR) is 51.3 cm³/mol. The molecule has 0 bridgehead atoms.